The van der Waals surface area contributed by atoms with Gasteiger partial charge in [-0.25, -0.2) is 4.90 Å². The monoisotopic (exact) mass is 612 g/mol. The second-order valence-corrected chi connectivity index (χ2v) is 13.1. The fourth-order valence-electron chi connectivity index (χ4n) is 8.14. The Kier molecular flexibility index (Phi) is 6.65. The van der Waals surface area contributed by atoms with Gasteiger partial charge < -0.3 is 14.6 Å². The molecule has 3 aromatic rings. The smallest absolute Gasteiger partial charge is 0.241 e. The predicted octanol–water partition coefficient (Wildman–Crippen LogP) is 4.90. The molecule has 0 radical (unpaired) electrons. The number of allylic oxidation sites excluding steroid dienone is 2. The summed E-state index contributed by atoms with van der Waals surface area (Å²) < 4.78 is 11.5. The van der Waals surface area contributed by atoms with Gasteiger partial charge in [0.2, 0.25) is 23.6 Å². The van der Waals surface area contributed by atoms with Crippen molar-refractivity contribution in [3.05, 3.63) is 82.1 Å². The average molecular weight is 613 g/mol. The minimum atomic E-state index is -1.26. The topological polar surface area (TPSA) is 113 Å². The SMILES string of the molecule is COc1cc(O)cc(OC)c1C1C2=CCC3C(=O)N(Cc4cccs4)C(=O)C3C2CC2C(=O)N(c3ccccc3)C(=O)C21C. The van der Waals surface area contributed by atoms with E-state index in [2.05, 4.69) is 0 Å². The summed E-state index contributed by atoms with van der Waals surface area (Å²) >= 11 is 1.49. The van der Waals surface area contributed by atoms with Crippen LogP contribution in [-0.2, 0) is 25.7 Å². The molecular weight excluding hydrogens is 580 g/mol. The summed E-state index contributed by atoms with van der Waals surface area (Å²) in [6, 6.07) is 15.6. The normalized spacial score (nSPS) is 29.3. The Bertz CT molecular complexity index is 1690. The van der Waals surface area contributed by atoms with E-state index in [1.165, 1.54) is 47.5 Å². The number of ether oxygens (including phenoxy) is 2. The van der Waals surface area contributed by atoms with Gasteiger partial charge in [-0.15, -0.1) is 11.3 Å². The zero-order chi connectivity index (χ0) is 30.9. The summed E-state index contributed by atoms with van der Waals surface area (Å²) in [4.78, 5) is 60.2. The number of imide groups is 2. The van der Waals surface area contributed by atoms with Crippen molar-refractivity contribution in [2.75, 3.05) is 19.1 Å². The Morgan fingerprint density at radius 1 is 0.932 bits per heavy atom. The summed E-state index contributed by atoms with van der Waals surface area (Å²) in [6.45, 7) is 2.03. The van der Waals surface area contributed by atoms with Crippen molar-refractivity contribution in [1.29, 1.82) is 0 Å². The number of para-hydroxylation sites is 1. The molecule has 9 nitrogen and oxygen atoms in total. The zero-order valence-corrected chi connectivity index (χ0v) is 25.4. The average Bonchev–Trinajstić information content (AvgIpc) is 3.68. The molecule has 6 unspecified atom stereocenters. The van der Waals surface area contributed by atoms with E-state index < -0.39 is 35.0 Å². The van der Waals surface area contributed by atoms with Crippen molar-refractivity contribution >= 4 is 40.7 Å². The Balaban J connectivity index is 1.40. The number of carbonyl (C=O) groups excluding carboxylic acids is 4. The first-order valence-corrected chi connectivity index (χ1v) is 15.5. The highest BCUT2D eigenvalue weighted by Crippen LogP contribution is 2.65. The van der Waals surface area contributed by atoms with Gasteiger partial charge in [-0.05, 0) is 49.3 Å². The van der Waals surface area contributed by atoms with Gasteiger partial charge >= 0.3 is 0 Å². The van der Waals surface area contributed by atoms with Crippen molar-refractivity contribution in [1.82, 2.24) is 4.90 Å². The van der Waals surface area contributed by atoms with Crippen molar-refractivity contribution in [2.24, 2.45) is 29.1 Å². The van der Waals surface area contributed by atoms with Crippen molar-refractivity contribution in [3.8, 4) is 17.2 Å². The number of aromatic hydroxyl groups is 1. The first kappa shape index (κ1) is 28.3. The molecule has 2 aromatic carbocycles. The fourth-order valence-corrected chi connectivity index (χ4v) is 8.83. The van der Waals surface area contributed by atoms with Crippen molar-refractivity contribution < 1.29 is 33.8 Å². The third kappa shape index (κ3) is 3.89. The Labute approximate surface area is 258 Å². The Morgan fingerprint density at radius 3 is 2.27 bits per heavy atom. The minimum Gasteiger partial charge on any atom is -0.508 e. The number of benzene rings is 2. The largest absolute Gasteiger partial charge is 0.508 e. The van der Waals surface area contributed by atoms with Gasteiger partial charge in [-0.1, -0.05) is 35.9 Å². The molecule has 10 heteroatoms. The number of hydrogen-bond donors (Lipinski definition) is 1. The van der Waals surface area contributed by atoms with Crippen LogP contribution in [0.4, 0.5) is 5.69 Å². The van der Waals surface area contributed by atoms with Crippen LogP contribution in [0.25, 0.3) is 0 Å². The van der Waals surface area contributed by atoms with Crippen LogP contribution in [-0.4, -0.2) is 47.9 Å². The van der Waals surface area contributed by atoms with Crippen molar-refractivity contribution in [3.63, 3.8) is 0 Å². The van der Waals surface area contributed by atoms with Gasteiger partial charge in [-0.2, -0.15) is 0 Å². The van der Waals surface area contributed by atoms with E-state index in [-0.39, 0.29) is 42.3 Å². The number of nitrogens with zero attached hydrogens (tertiary/aromatic N) is 2. The first-order valence-electron chi connectivity index (χ1n) is 14.7. The lowest BCUT2D eigenvalue weighted by molar-refractivity contribution is -0.141. The number of hydrogen-bond acceptors (Lipinski definition) is 8. The highest BCUT2D eigenvalue weighted by Gasteiger charge is 2.68. The second kappa shape index (κ2) is 10.3. The van der Waals surface area contributed by atoms with E-state index in [9.17, 15) is 24.3 Å². The minimum absolute atomic E-state index is 0.0743. The second-order valence-electron chi connectivity index (χ2n) is 12.1. The lowest BCUT2D eigenvalue weighted by Crippen LogP contribution is -2.49. The van der Waals surface area contributed by atoms with E-state index in [0.717, 1.165) is 10.5 Å². The number of thiophene rings is 1. The molecule has 4 aliphatic rings. The molecule has 3 heterocycles. The first-order chi connectivity index (χ1) is 21.2. The van der Waals surface area contributed by atoms with E-state index in [4.69, 9.17) is 9.47 Å². The maximum Gasteiger partial charge on any atom is 0.241 e. The molecule has 3 fully saturated rings. The van der Waals surface area contributed by atoms with Crippen LogP contribution in [0.5, 0.6) is 17.2 Å². The van der Waals surface area contributed by atoms with Crippen LogP contribution in [0.1, 0.15) is 36.1 Å². The highest BCUT2D eigenvalue weighted by atomic mass is 32.1. The molecule has 44 heavy (non-hydrogen) atoms. The summed E-state index contributed by atoms with van der Waals surface area (Å²) in [7, 11) is 2.95. The number of anilines is 1. The maximum atomic E-state index is 14.6. The zero-order valence-electron chi connectivity index (χ0n) is 24.6. The number of phenols is 1. The standard InChI is InChI=1S/C34H32N2O7S/c1-34-24(31(39)36(33(34)41)18-8-5-4-6-9-18)16-23-21(29(34)28-25(42-2)14-19(37)15-26(28)43-3)11-12-22-27(23)32(40)35(30(22)38)17-20-10-7-13-44-20/h4-11,13-15,22-24,27,29,37H,12,16-17H2,1-3H3. The van der Waals surface area contributed by atoms with Gasteiger partial charge in [0, 0.05) is 28.5 Å². The van der Waals surface area contributed by atoms with E-state index in [1.807, 2.05) is 36.6 Å². The summed E-state index contributed by atoms with van der Waals surface area (Å²) in [5.74, 6) is -3.75. The van der Waals surface area contributed by atoms with Gasteiger partial charge in [0.05, 0.1) is 49.6 Å². The number of methoxy groups -OCH3 is 2. The van der Waals surface area contributed by atoms with Crippen molar-refractivity contribution in [2.45, 2.75) is 32.2 Å². The molecule has 7 rings (SSSR count). The van der Waals surface area contributed by atoms with Crippen LogP contribution < -0.4 is 14.4 Å². The molecule has 0 bridgehead atoms. The lowest BCUT2D eigenvalue weighted by atomic mass is 9.51. The molecule has 2 aliphatic carbocycles. The molecular formula is C34H32N2O7S. The van der Waals surface area contributed by atoms with Gasteiger partial charge in [0.25, 0.3) is 0 Å². The van der Waals surface area contributed by atoms with Crippen LogP contribution in [0.3, 0.4) is 0 Å². The fraction of sp³-hybridized carbons (Fsp3) is 0.353. The molecule has 6 atom stereocenters. The van der Waals surface area contributed by atoms with Gasteiger partial charge in [0.15, 0.2) is 0 Å². The number of phenolic OH excluding ortho intramolecular Hbond substituents is 1. The number of likely N-dealkylation sites (tertiary alicyclic amines) is 1. The molecule has 2 saturated heterocycles. The maximum absolute atomic E-state index is 14.6. The molecule has 226 valence electrons. The van der Waals surface area contributed by atoms with Gasteiger partial charge in [-0.3, -0.25) is 24.1 Å². The predicted molar refractivity (Wildman–Crippen MR) is 162 cm³/mol. The lowest BCUT2D eigenvalue weighted by Gasteiger charge is -2.49. The summed E-state index contributed by atoms with van der Waals surface area (Å²) in [6.07, 6.45) is 2.58. The molecule has 1 N–H and O–H groups in total. The number of rotatable bonds is 6. The quantitative estimate of drug-likeness (QED) is 0.311. The molecule has 0 spiro atoms. The highest BCUT2D eigenvalue weighted by molar-refractivity contribution is 7.09. The Hall–Kier alpha value is -4.44. The summed E-state index contributed by atoms with van der Waals surface area (Å²) in [5.41, 5.74) is 0.563. The third-order valence-corrected chi connectivity index (χ3v) is 11.0. The van der Waals surface area contributed by atoms with Crippen LogP contribution in [0.15, 0.2) is 71.6 Å². The number of carbonyl (C=O) groups is 4. The molecule has 2 aliphatic heterocycles. The molecule has 4 amide bonds. The van der Waals surface area contributed by atoms with Crippen LogP contribution >= 0.6 is 11.3 Å². The Morgan fingerprint density at radius 2 is 1.64 bits per heavy atom. The van der Waals surface area contributed by atoms with E-state index in [0.29, 0.717) is 29.2 Å². The number of fused-ring (bicyclic) bond motifs is 4. The van der Waals surface area contributed by atoms with Gasteiger partial charge in [0.1, 0.15) is 17.2 Å². The summed E-state index contributed by atoms with van der Waals surface area (Å²) in [5, 5.41) is 12.4. The van der Waals surface area contributed by atoms with Crippen LogP contribution in [0, 0.1) is 29.1 Å². The molecule has 1 saturated carbocycles. The van der Waals surface area contributed by atoms with E-state index in [1.54, 1.807) is 24.3 Å². The third-order valence-electron chi connectivity index (χ3n) is 10.1. The number of amides is 4. The van der Waals surface area contributed by atoms with E-state index >= 15 is 0 Å². The van der Waals surface area contributed by atoms with Crippen LogP contribution in [0.2, 0.25) is 0 Å². The molecule has 1 aromatic heterocycles.